The molecule has 1 aromatic carbocycles. The Morgan fingerprint density at radius 1 is 1.24 bits per heavy atom. The van der Waals surface area contributed by atoms with Crippen LogP contribution in [0.5, 0.6) is 0 Å². The molecule has 1 atom stereocenters. The summed E-state index contributed by atoms with van der Waals surface area (Å²) in [5.74, 6) is 0.927. The van der Waals surface area contributed by atoms with Gasteiger partial charge in [-0.2, -0.15) is 0 Å². The number of aryl methyl sites for hydroxylation is 1. The van der Waals surface area contributed by atoms with Crippen LogP contribution in [0.15, 0.2) is 47.1 Å². The third kappa shape index (κ3) is 4.50. The van der Waals surface area contributed by atoms with E-state index in [1.807, 2.05) is 36.4 Å². The highest BCUT2D eigenvalue weighted by atomic mass is 16.3. The topological polar surface area (TPSA) is 62.6 Å². The molecule has 0 bridgehead atoms. The lowest BCUT2D eigenvalue weighted by Crippen LogP contribution is -2.35. The van der Waals surface area contributed by atoms with Gasteiger partial charge in [0.15, 0.2) is 0 Å². The Bertz CT molecular complexity index is 724. The van der Waals surface area contributed by atoms with Crippen LogP contribution >= 0.6 is 0 Å². The molecule has 1 N–H and O–H groups in total. The van der Waals surface area contributed by atoms with E-state index in [1.165, 1.54) is 0 Å². The van der Waals surface area contributed by atoms with Crippen molar-refractivity contribution in [3.8, 4) is 0 Å². The Hall–Kier alpha value is -2.56. The molecule has 1 aliphatic rings. The lowest BCUT2D eigenvalue weighted by molar-refractivity contribution is -0.130. The third-order valence-electron chi connectivity index (χ3n) is 4.66. The summed E-state index contributed by atoms with van der Waals surface area (Å²) in [6.45, 7) is 2.49. The quantitative estimate of drug-likeness (QED) is 0.878. The van der Waals surface area contributed by atoms with E-state index in [0.29, 0.717) is 19.5 Å². The summed E-state index contributed by atoms with van der Waals surface area (Å²) >= 11 is 0. The second kappa shape index (κ2) is 8.01. The van der Waals surface area contributed by atoms with E-state index in [4.69, 9.17) is 4.42 Å². The number of carbonyl (C=O) groups excluding carboxylic acids is 2. The van der Waals surface area contributed by atoms with Crippen molar-refractivity contribution in [2.24, 2.45) is 0 Å². The number of nitrogens with one attached hydrogen (secondary N) is 1. The zero-order valence-corrected chi connectivity index (χ0v) is 14.5. The highest BCUT2D eigenvalue weighted by Crippen LogP contribution is 2.30. The molecule has 3 rings (SSSR count). The molecule has 0 radical (unpaired) electrons. The molecule has 1 aromatic heterocycles. The van der Waals surface area contributed by atoms with E-state index in [-0.39, 0.29) is 17.9 Å². The summed E-state index contributed by atoms with van der Waals surface area (Å²) in [4.78, 5) is 25.9. The van der Waals surface area contributed by atoms with Crippen LogP contribution in [0.25, 0.3) is 0 Å². The number of hydrogen-bond acceptors (Lipinski definition) is 3. The van der Waals surface area contributed by atoms with Gasteiger partial charge >= 0.3 is 0 Å². The van der Waals surface area contributed by atoms with E-state index >= 15 is 0 Å². The van der Waals surface area contributed by atoms with Crippen LogP contribution in [-0.2, 0) is 22.6 Å². The molecule has 0 saturated carbocycles. The fourth-order valence-electron chi connectivity index (χ4n) is 3.29. The summed E-state index contributed by atoms with van der Waals surface area (Å²) in [5.41, 5.74) is 2.15. The van der Waals surface area contributed by atoms with Crippen molar-refractivity contribution in [1.82, 2.24) is 10.2 Å². The Labute approximate surface area is 148 Å². The first-order valence-electron chi connectivity index (χ1n) is 8.78. The van der Waals surface area contributed by atoms with Gasteiger partial charge in [-0.15, -0.1) is 0 Å². The van der Waals surface area contributed by atoms with Gasteiger partial charge in [-0.25, -0.2) is 0 Å². The van der Waals surface area contributed by atoms with Gasteiger partial charge in [0.05, 0.1) is 12.3 Å². The zero-order valence-electron chi connectivity index (χ0n) is 14.5. The molecular weight excluding hydrogens is 316 g/mol. The number of rotatable bonds is 6. The molecule has 0 unspecified atom stereocenters. The lowest BCUT2D eigenvalue weighted by Gasteiger charge is -2.24. The van der Waals surface area contributed by atoms with Gasteiger partial charge in [-0.3, -0.25) is 9.59 Å². The Balaban J connectivity index is 1.53. The first-order valence-corrected chi connectivity index (χ1v) is 8.78. The molecule has 0 aliphatic heterocycles. The highest BCUT2D eigenvalue weighted by molar-refractivity contribution is 5.78. The second-order valence-electron chi connectivity index (χ2n) is 6.49. The summed E-state index contributed by atoms with van der Waals surface area (Å²) in [6, 6.07) is 11.8. The van der Waals surface area contributed by atoms with Crippen molar-refractivity contribution < 1.29 is 14.0 Å². The molecule has 5 nitrogen and oxygen atoms in total. The number of hydrogen-bond donors (Lipinski definition) is 1. The van der Waals surface area contributed by atoms with Crippen molar-refractivity contribution in [2.75, 3.05) is 6.54 Å². The predicted molar refractivity (Wildman–Crippen MR) is 94.7 cm³/mol. The van der Waals surface area contributed by atoms with Gasteiger partial charge < -0.3 is 14.6 Å². The van der Waals surface area contributed by atoms with Crippen LogP contribution in [0.2, 0.25) is 0 Å². The fraction of sp³-hybridized carbons (Fsp3) is 0.400. The van der Waals surface area contributed by atoms with E-state index in [2.05, 4.69) is 5.32 Å². The SMILES string of the molecule is CC(=O)N(CCC(=O)N[C@H]1CCCc2occc21)Cc1ccccc1. The number of amides is 2. The van der Waals surface area contributed by atoms with Gasteiger partial charge in [0.2, 0.25) is 11.8 Å². The van der Waals surface area contributed by atoms with Gasteiger partial charge in [-0.05, 0) is 24.5 Å². The van der Waals surface area contributed by atoms with Gasteiger partial charge in [0.1, 0.15) is 5.76 Å². The average Bonchev–Trinajstić information content (AvgIpc) is 3.09. The monoisotopic (exact) mass is 340 g/mol. The number of fused-ring (bicyclic) bond motifs is 1. The van der Waals surface area contributed by atoms with Gasteiger partial charge in [0, 0.05) is 38.4 Å². The van der Waals surface area contributed by atoms with Crippen LogP contribution in [0.1, 0.15) is 49.1 Å². The van der Waals surface area contributed by atoms with Crippen LogP contribution < -0.4 is 5.32 Å². The van der Waals surface area contributed by atoms with Crippen molar-refractivity contribution >= 4 is 11.8 Å². The van der Waals surface area contributed by atoms with Gasteiger partial charge in [0.25, 0.3) is 0 Å². The number of nitrogens with zero attached hydrogens (tertiary/aromatic N) is 1. The summed E-state index contributed by atoms with van der Waals surface area (Å²) in [5, 5.41) is 3.08. The average molecular weight is 340 g/mol. The first kappa shape index (κ1) is 17.3. The largest absolute Gasteiger partial charge is 0.469 e. The summed E-state index contributed by atoms with van der Waals surface area (Å²) in [6.07, 6.45) is 4.87. The van der Waals surface area contributed by atoms with Crippen molar-refractivity contribution in [1.29, 1.82) is 0 Å². The Morgan fingerprint density at radius 3 is 2.80 bits per heavy atom. The molecule has 0 fully saturated rings. The minimum Gasteiger partial charge on any atom is -0.469 e. The predicted octanol–water partition coefficient (Wildman–Crippen LogP) is 3.21. The summed E-state index contributed by atoms with van der Waals surface area (Å²) < 4.78 is 5.46. The van der Waals surface area contributed by atoms with E-state index < -0.39 is 0 Å². The first-order chi connectivity index (χ1) is 12.1. The summed E-state index contributed by atoms with van der Waals surface area (Å²) in [7, 11) is 0. The molecule has 1 heterocycles. The van der Waals surface area contributed by atoms with Crippen molar-refractivity contribution in [2.45, 2.75) is 45.2 Å². The molecule has 0 saturated heterocycles. The maximum atomic E-state index is 12.3. The molecule has 5 heteroatoms. The molecule has 1 aliphatic carbocycles. The number of furan rings is 1. The third-order valence-corrected chi connectivity index (χ3v) is 4.66. The van der Waals surface area contributed by atoms with Crippen molar-refractivity contribution in [3.63, 3.8) is 0 Å². The van der Waals surface area contributed by atoms with E-state index in [0.717, 1.165) is 36.1 Å². The standard InChI is InChI=1S/C20H24N2O3/c1-15(23)22(14-16-6-3-2-4-7-16)12-10-20(24)21-18-8-5-9-19-17(18)11-13-25-19/h2-4,6-7,11,13,18H,5,8-10,12,14H2,1H3,(H,21,24)/t18-/m0/s1. The minimum absolute atomic E-state index is 0.0218. The molecule has 25 heavy (non-hydrogen) atoms. The minimum atomic E-state index is -0.0293. The number of benzene rings is 1. The maximum absolute atomic E-state index is 12.3. The number of carbonyl (C=O) groups is 2. The molecule has 0 spiro atoms. The van der Waals surface area contributed by atoms with E-state index in [1.54, 1.807) is 18.1 Å². The Kier molecular flexibility index (Phi) is 5.53. The van der Waals surface area contributed by atoms with Crippen LogP contribution in [-0.4, -0.2) is 23.3 Å². The van der Waals surface area contributed by atoms with E-state index in [9.17, 15) is 9.59 Å². The fourth-order valence-corrected chi connectivity index (χ4v) is 3.29. The highest BCUT2D eigenvalue weighted by Gasteiger charge is 2.24. The molecule has 2 aromatic rings. The smallest absolute Gasteiger partial charge is 0.222 e. The van der Waals surface area contributed by atoms with Crippen LogP contribution in [0.4, 0.5) is 0 Å². The second-order valence-corrected chi connectivity index (χ2v) is 6.49. The molecule has 132 valence electrons. The molecular formula is C20H24N2O3. The van der Waals surface area contributed by atoms with Crippen LogP contribution in [0, 0.1) is 0 Å². The zero-order chi connectivity index (χ0) is 17.6. The van der Waals surface area contributed by atoms with Crippen molar-refractivity contribution in [3.05, 3.63) is 59.5 Å². The lowest BCUT2D eigenvalue weighted by atomic mass is 9.93. The maximum Gasteiger partial charge on any atom is 0.222 e. The van der Waals surface area contributed by atoms with Crippen LogP contribution in [0.3, 0.4) is 0 Å². The Morgan fingerprint density at radius 2 is 2.04 bits per heavy atom. The molecule has 2 amide bonds. The normalized spacial score (nSPS) is 16.1. The van der Waals surface area contributed by atoms with Gasteiger partial charge in [-0.1, -0.05) is 30.3 Å².